The Morgan fingerprint density at radius 3 is 2.45 bits per heavy atom. The maximum absolute atomic E-state index is 12.7. The predicted molar refractivity (Wildman–Crippen MR) is 112 cm³/mol. The van der Waals surface area contributed by atoms with Gasteiger partial charge in [0.2, 0.25) is 11.8 Å². The highest BCUT2D eigenvalue weighted by atomic mass is 32.2. The zero-order chi connectivity index (χ0) is 20.4. The summed E-state index contributed by atoms with van der Waals surface area (Å²) in [4.78, 5) is 28.8. The van der Waals surface area contributed by atoms with Gasteiger partial charge in [-0.1, -0.05) is 24.2 Å². The van der Waals surface area contributed by atoms with E-state index in [2.05, 4.69) is 36.2 Å². The Hall–Kier alpha value is -2.35. The molecule has 1 saturated carbocycles. The largest absolute Gasteiger partial charge is 0.339 e. The van der Waals surface area contributed by atoms with Crippen molar-refractivity contribution < 1.29 is 9.59 Å². The number of aromatic nitrogens is 3. The lowest BCUT2D eigenvalue weighted by Gasteiger charge is -2.38. The molecule has 2 amide bonds. The first-order chi connectivity index (χ1) is 14.0. The molecule has 7 nitrogen and oxygen atoms in total. The third kappa shape index (κ3) is 4.32. The van der Waals surface area contributed by atoms with E-state index in [0.29, 0.717) is 37.1 Å². The third-order valence-electron chi connectivity index (χ3n) is 6.01. The van der Waals surface area contributed by atoms with Crippen molar-refractivity contribution >= 4 is 23.6 Å². The van der Waals surface area contributed by atoms with Crippen molar-refractivity contribution in [2.45, 2.75) is 38.3 Å². The topological polar surface area (TPSA) is 71.3 Å². The minimum atomic E-state index is 0.0837. The fourth-order valence-corrected chi connectivity index (χ4v) is 4.51. The molecule has 1 saturated heterocycles. The average molecular weight is 414 g/mol. The van der Waals surface area contributed by atoms with Crippen LogP contribution in [0.25, 0.3) is 5.69 Å². The maximum atomic E-state index is 12.7. The van der Waals surface area contributed by atoms with Crippen LogP contribution in [0.3, 0.4) is 0 Å². The minimum Gasteiger partial charge on any atom is -0.339 e. The number of thioether (sulfide) groups is 1. The fourth-order valence-electron chi connectivity index (χ4n) is 3.68. The summed E-state index contributed by atoms with van der Waals surface area (Å²) in [6, 6.07) is 6.22. The lowest BCUT2D eigenvalue weighted by Crippen LogP contribution is -2.53. The first-order valence-corrected chi connectivity index (χ1v) is 11.2. The first-order valence-electron chi connectivity index (χ1n) is 10.2. The first kappa shape index (κ1) is 19.9. The Labute approximate surface area is 175 Å². The standard InChI is InChI=1S/C21H27N5O2S/c1-15-6-7-18(12-16(15)2)26-14-22-23-21(26)29-13-19(27)24-8-10-25(11-9-24)20(28)17-4-3-5-17/h6-7,12,14,17H,3-5,8-11,13H2,1-2H3. The van der Waals surface area contributed by atoms with E-state index < -0.39 is 0 Å². The summed E-state index contributed by atoms with van der Waals surface area (Å²) in [5.74, 6) is 0.907. The van der Waals surface area contributed by atoms with Crippen LogP contribution in [-0.4, -0.2) is 68.3 Å². The smallest absolute Gasteiger partial charge is 0.233 e. The van der Waals surface area contributed by atoms with Crippen molar-refractivity contribution in [3.05, 3.63) is 35.7 Å². The van der Waals surface area contributed by atoms with E-state index in [-0.39, 0.29) is 17.7 Å². The number of piperazine rings is 1. The Morgan fingerprint density at radius 1 is 1.07 bits per heavy atom. The van der Waals surface area contributed by atoms with Gasteiger partial charge in [-0.2, -0.15) is 0 Å². The van der Waals surface area contributed by atoms with Crippen molar-refractivity contribution in [1.82, 2.24) is 24.6 Å². The van der Waals surface area contributed by atoms with Crippen LogP contribution in [0.15, 0.2) is 29.7 Å². The molecule has 2 heterocycles. The molecule has 1 aliphatic heterocycles. The molecular weight excluding hydrogens is 386 g/mol. The lowest BCUT2D eigenvalue weighted by molar-refractivity contribution is -0.143. The van der Waals surface area contributed by atoms with Crippen LogP contribution in [0.4, 0.5) is 0 Å². The molecule has 2 aromatic rings. The SMILES string of the molecule is Cc1ccc(-n2cnnc2SCC(=O)N2CCN(C(=O)C3CCC3)CC2)cc1C. The highest BCUT2D eigenvalue weighted by Gasteiger charge is 2.32. The highest BCUT2D eigenvalue weighted by molar-refractivity contribution is 7.99. The zero-order valence-electron chi connectivity index (χ0n) is 17.0. The van der Waals surface area contributed by atoms with Gasteiger partial charge < -0.3 is 9.80 Å². The summed E-state index contributed by atoms with van der Waals surface area (Å²) < 4.78 is 1.92. The summed E-state index contributed by atoms with van der Waals surface area (Å²) in [6.07, 6.45) is 4.90. The molecule has 0 radical (unpaired) electrons. The molecule has 1 aliphatic carbocycles. The van der Waals surface area contributed by atoms with Crippen LogP contribution in [0, 0.1) is 19.8 Å². The second kappa shape index (κ2) is 8.57. The van der Waals surface area contributed by atoms with Gasteiger partial charge in [0, 0.05) is 37.8 Å². The van der Waals surface area contributed by atoms with Crippen LogP contribution in [0.5, 0.6) is 0 Å². The number of carbonyl (C=O) groups excluding carboxylic acids is 2. The van der Waals surface area contributed by atoms with Gasteiger partial charge in [0.1, 0.15) is 6.33 Å². The van der Waals surface area contributed by atoms with Crippen LogP contribution in [-0.2, 0) is 9.59 Å². The van der Waals surface area contributed by atoms with Crippen molar-refractivity contribution in [2.24, 2.45) is 5.92 Å². The molecule has 0 atom stereocenters. The molecule has 1 aromatic heterocycles. The summed E-state index contributed by atoms with van der Waals surface area (Å²) >= 11 is 1.40. The number of rotatable bonds is 5. The van der Waals surface area contributed by atoms with Crippen LogP contribution in [0.2, 0.25) is 0 Å². The van der Waals surface area contributed by atoms with Crippen molar-refractivity contribution in [2.75, 3.05) is 31.9 Å². The van der Waals surface area contributed by atoms with E-state index >= 15 is 0 Å². The van der Waals surface area contributed by atoms with Crippen molar-refractivity contribution in [1.29, 1.82) is 0 Å². The molecule has 0 spiro atoms. The van der Waals surface area contributed by atoms with Gasteiger partial charge >= 0.3 is 0 Å². The molecule has 2 aliphatic rings. The Bertz CT molecular complexity index is 900. The monoisotopic (exact) mass is 413 g/mol. The van der Waals surface area contributed by atoms with E-state index in [1.165, 1.54) is 29.3 Å². The summed E-state index contributed by atoms with van der Waals surface area (Å²) in [7, 11) is 0. The number of benzene rings is 1. The quantitative estimate of drug-likeness (QED) is 0.704. The number of carbonyl (C=O) groups is 2. The predicted octanol–water partition coefficient (Wildman–Crippen LogP) is 2.45. The number of nitrogens with zero attached hydrogens (tertiary/aromatic N) is 5. The molecule has 0 bridgehead atoms. The number of hydrogen-bond donors (Lipinski definition) is 0. The summed E-state index contributed by atoms with van der Waals surface area (Å²) in [6.45, 7) is 6.67. The second-order valence-electron chi connectivity index (χ2n) is 7.87. The van der Waals surface area contributed by atoms with Gasteiger partial charge in [-0.15, -0.1) is 10.2 Å². The molecule has 0 N–H and O–H groups in total. The van der Waals surface area contributed by atoms with Gasteiger partial charge in [0.25, 0.3) is 0 Å². The molecule has 154 valence electrons. The average Bonchev–Trinajstić information content (AvgIpc) is 3.15. The summed E-state index contributed by atoms with van der Waals surface area (Å²) in [5.41, 5.74) is 3.44. The van der Waals surface area contributed by atoms with E-state index in [1.807, 2.05) is 20.4 Å². The van der Waals surface area contributed by atoms with Crippen molar-refractivity contribution in [3.63, 3.8) is 0 Å². The van der Waals surface area contributed by atoms with E-state index in [0.717, 1.165) is 18.5 Å². The van der Waals surface area contributed by atoms with Gasteiger partial charge in [0.15, 0.2) is 5.16 Å². The highest BCUT2D eigenvalue weighted by Crippen LogP contribution is 2.28. The molecule has 1 aromatic carbocycles. The Balaban J connectivity index is 1.31. The minimum absolute atomic E-state index is 0.0837. The zero-order valence-corrected chi connectivity index (χ0v) is 17.8. The molecular formula is C21H27N5O2S. The maximum Gasteiger partial charge on any atom is 0.233 e. The van der Waals surface area contributed by atoms with Crippen LogP contribution >= 0.6 is 11.8 Å². The van der Waals surface area contributed by atoms with E-state index in [9.17, 15) is 9.59 Å². The number of amides is 2. The number of aryl methyl sites for hydroxylation is 2. The van der Waals surface area contributed by atoms with Gasteiger partial charge in [0.05, 0.1) is 5.75 Å². The molecule has 29 heavy (non-hydrogen) atoms. The van der Waals surface area contributed by atoms with Gasteiger partial charge in [-0.3, -0.25) is 14.2 Å². The lowest BCUT2D eigenvalue weighted by atomic mass is 9.84. The van der Waals surface area contributed by atoms with Gasteiger partial charge in [-0.05, 0) is 49.9 Å². The molecule has 0 unspecified atom stereocenters. The Kier molecular flexibility index (Phi) is 5.89. The molecule has 8 heteroatoms. The molecule has 4 rings (SSSR count). The molecule has 2 fully saturated rings. The normalized spacial score (nSPS) is 17.3. The summed E-state index contributed by atoms with van der Waals surface area (Å²) in [5, 5.41) is 8.92. The fraction of sp³-hybridized carbons (Fsp3) is 0.524. The second-order valence-corrected chi connectivity index (χ2v) is 8.82. The van der Waals surface area contributed by atoms with Crippen LogP contribution < -0.4 is 0 Å². The van der Waals surface area contributed by atoms with Crippen LogP contribution in [0.1, 0.15) is 30.4 Å². The third-order valence-corrected chi connectivity index (χ3v) is 6.94. The van der Waals surface area contributed by atoms with E-state index in [1.54, 1.807) is 6.33 Å². The van der Waals surface area contributed by atoms with Gasteiger partial charge in [-0.25, -0.2) is 0 Å². The van der Waals surface area contributed by atoms with E-state index in [4.69, 9.17) is 0 Å². The number of hydrogen-bond acceptors (Lipinski definition) is 5. The van der Waals surface area contributed by atoms with Crippen molar-refractivity contribution in [3.8, 4) is 5.69 Å². The Morgan fingerprint density at radius 2 is 1.79 bits per heavy atom.